The number of hydrogen-bond acceptors (Lipinski definition) is 3. The van der Waals surface area contributed by atoms with Gasteiger partial charge < -0.3 is 4.57 Å². The van der Waals surface area contributed by atoms with Crippen LogP contribution in [0.2, 0.25) is 0 Å². The molecule has 0 aliphatic rings. The van der Waals surface area contributed by atoms with Crippen LogP contribution in [0.1, 0.15) is 0 Å². The maximum Gasteiger partial charge on any atom is 0.0977 e. The fraction of sp³-hybridized carbons (Fsp3) is 0. The quantitative estimate of drug-likeness (QED) is 0.284. The third kappa shape index (κ3) is 2.47. The molecule has 0 saturated carbocycles. The number of rotatable bonds is 2. The lowest BCUT2D eigenvalue weighted by Gasteiger charge is -2.10. The fourth-order valence-corrected chi connectivity index (χ4v) is 5.98. The van der Waals surface area contributed by atoms with Crippen LogP contribution in [0.25, 0.3) is 58.9 Å². The highest BCUT2D eigenvalue weighted by Crippen LogP contribution is 2.42. The predicted molar refractivity (Wildman–Crippen MR) is 135 cm³/mol. The summed E-state index contributed by atoms with van der Waals surface area (Å²) >= 11 is 1.85. The molecule has 0 fully saturated rings. The average molecular weight is 428 g/mol. The third-order valence-corrected chi connectivity index (χ3v) is 7.33. The van der Waals surface area contributed by atoms with Crippen LogP contribution in [0.4, 0.5) is 0 Å². The molecule has 0 unspecified atom stereocenters. The van der Waals surface area contributed by atoms with Crippen molar-refractivity contribution in [3.8, 4) is 16.8 Å². The largest absolute Gasteiger partial charge is 0.308 e. The van der Waals surface area contributed by atoms with E-state index in [4.69, 9.17) is 4.98 Å². The van der Waals surface area contributed by atoms with Gasteiger partial charge in [-0.2, -0.15) is 0 Å². The van der Waals surface area contributed by atoms with Gasteiger partial charge in [-0.15, -0.1) is 11.3 Å². The average Bonchev–Trinajstić information content (AvgIpc) is 3.40. The molecule has 3 nitrogen and oxygen atoms in total. The first kappa shape index (κ1) is 17.6. The standard InChI is InChI=1S/C28H17N3S/c1-2-11-25-21(9-1)22-12-13-23-26(28(22)32-25)27-24(10-5-15-30-27)31(23)20-8-3-6-18(16-20)19-7-4-14-29-17-19/h1-17H. The second-order valence-corrected chi connectivity index (χ2v) is 8.99. The minimum absolute atomic E-state index is 1.05. The summed E-state index contributed by atoms with van der Waals surface area (Å²) in [5, 5.41) is 3.84. The number of fused-ring (bicyclic) bond motifs is 7. The Kier molecular flexibility index (Phi) is 3.72. The second kappa shape index (κ2) is 6.74. The summed E-state index contributed by atoms with van der Waals surface area (Å²) in [4.78, 5) is 9.13. The van der Waals surface area contributed by atoms with Crippen molar-refractivity contribution in [3.05, 3.63) is 104 Å². The molecule has 7 aromatic rings. The van der Waals surface area contributed by atoms with Crippen molar-refractivity contribution in [2.24, 2.45) is 0 Å². The monoisotopic (exact) mass is 427 g/mol. The molecule has 0 N–H and O–H groups in total. The van der Waals surface area contributed by atoms with Crippen molar-refractivity contribution < 1.29 is 0 Å². The van der Waals surface area contributed by atoms with Gasteiger partial charge in [-0.05, 0) is 48.0 Å². The molecule has 3 aromatic carbocycles. The maximum absolute atomic E-state index is 4.83. The summed E-state index contributed by atoms with van der Waals surface area (Å²) in [5.74, 6) is 0. The first-order valence-corrected chi connectivity index (χ1v) is 11.4. The zero-order chi connectivity index (χ0) is 21.1. The van der Waals surface area contributed by atoms with Crippen LogP contribution in [-0.4, -0.2) is 14.5 Å². The van der Waals surface area contributed by atoms with E-state index >= 15 is 0 Å². The molecular formula is C28H17N3S. The molecule has 0 aliphatic carbocycles. The second-order valence-electron chi connectivity index (χ2n) is 7.93. The molecule has 0 spiro atoms. The molecule has 7 rings (SSSR count). The van der Waals surface area contributed by atoms with Gasteiger partial charge in [0.2, 0.25) is 0 Å². The highest BCUT2D eigenvalue weighted by Gasteiger charge is 2.18. The summed E-state index contributed by atoms with van der Waals surface area (Å²) < 4.78 is 4.95. The van der Waals surface area contributed by atoms with Gasteiger partial charge in [0.1, 0.15) is 0 Å². The summed E-state index contributed by atoms with van der Waals surface area (Å²) in [5.41, 5.74) is 6.74. The fourth-order valence-electron chi connectivity index (χ4n) is 4.73. The smallest absolute Gasteiger partial charge is 0.0977 e. The molecule has 0 saturated heterocycles. The van der Waals surface area contributed by atoms with E-state index in [1.165, 1.54) is 31.1 Å². The summed E-state index contributed by atoms with van der Waals surface area (Å²) in [6.07, 6.45) is 5.61. The third-order valence-electron chi connectivity index (χ3n) is 6.13. The zero-order valence-electron chi connectivity index (χ0n) is 17.1. The Morgan fingerprint density at radius 3 is 2.53 bits per heavy atom. The number of aromatic nitrogens is 3. The Balaban J connectivity index is 1.59. The highest BCUT2D eigenvalue weighted by atomic mass is 32.1. The van der Waals surface area contributed by atoms with Gasteiger partial charge in [-0.25, -0.2) is 0 Å². The zero-order valence-corrected chi connectivity index (χ0v) is 17.9. The summed E-state index contributed by atoms with van der Waals surface area (Å²) in [6, 6.07) is 30.1. The first-order chi connectivity index (χ1) is 15.9. The van der Waals surface area contributed by atoms with Crippen molar-refractivity contribution >= 4 is 53.4 Å². The SMILES string of the molecule is c1cncc(-c2cccc(-n3c4cccnc4c4c5sc6ccccc6c5ccc43)c2)c1. The van der Waals surface area contributed by atoms with Crippen molar-refractivity contribution in [3.63, 3.8) is 0 Å². The lowest BCUT2D eigenvalue weighted by molar-refractivity contribution is 1.18. The van der Waals surface area contributed by atoms with Gasteiger partial charge in [-0.3, -0.25) is 9.97 Å². The van der Waals surface area contributed by atoms with Crippen molar-refractivity contribution in [2.45, 2.75) is 0 Å². The van der Waals surface area contributed by atoms with E-state index in [2.05, 4.69) is 82.3 Å². The summed E-state index contributed by atoms with van der Waals surface area (Å²) in [6.45, 7) is 0. The van der Waals surface area contributed by atoms with Gasteiger partial charge >= 0.3 is 0 Å². The molecule has 150 valence electrons. The normalized spacial score (nSPS) is 11.8. The first-order valence-electron chi connectivity index (χ1n) is 10.6. The molecule has 4 heteroatoms. The van der Waals surface area contributed by atoms with Crippen LogP contribution < -0.4 is 0 Å². The maximum atomic E-state index is 4.83. The van der Waals surface area contributed by atoms with E-state index < -0.39 is 0 Å². The van der Waals surface area contributed by atoms with E-state index in [1.54, 1.807) is 0 Å². The van der Waals surface area contributed by atoms with Gasteiger partial charge in [0.15, 0.2) is 0 Å². The lowest BCUT2D eigenvalue weighted by atomic mass is 10.1. The van der Waals surface area contributed by atoms with E-state index in [9.17, 15) is 0 Å². The van der Waals surface area contributed by atoms with Crippen molar-refractivity contribution in [2.75, 3.05) is 0 Å². The van der Waals surface area contributed by atoms with E-state index in [1.807, 2.05) is 42.1 Å². The molecule has 0 amide bonds. The minimum atomic E-state index is 1.05. The molecule has 0 radical (unpaired) electrons. The number of hydrogen-bond donors (Lipinski definition) is 0. The Morgan fingerprint density at radius 1 is 0.688 bits per heavy atom. The summed E-state index contributed by atoms with van der Waals surface area (Å²) in [7, 11) is 0. The van der Waals surface area contributed by atoms with Crippen LogP contribution in [0.15, 0.2) is 104 Å². The number of thiophene rings is 1. The number of nitrogens with zero attached hydrogens (tertiary/aromatic N) is 3. The van der Waals surface area contributed by atoms with Gasteiger partial charge in [0.25, 0.3) is 0 Å². The molecule has 4 aromatic heterocycles. The number of benzene rings is 3. The molecular weight excluding hydrogens is 410 g/mol. The lowest BCUT2D eigenvalue weighted by Crippen LogP contribution is -1.94. The highest BCUT2D eigenvalue weighted by molar-refractivity contribution is 7.26. The van der Waals surface area contributed by atoms with Gasteiger partial charge in [0.05, 0.1) is 16.6 Å². The minimum Gasteiger partial charge on any atom is -0.308 e. The van der Waals surface area contributed by atoms with E-state index in [-0.39, 0.29) is 0 Å². The number of pyridine rings is 2. The van der Waals surface area contributed by atoms with E-state index in [0.717, 1.165) is 27.8 Å². The molecule has 0 atom stereocenters. The molecule has 32 heavy (non-hydrogen) atoms. The van der Waals surface area contributed by atoms with Crippen LogP contribution in [-0.2, 0) is 0 Å². The predicted octanol–water partition coefficient (Wildman–Crippen LogP) is 7.61. The Hall–Kier alpha value is -4.02. The van der Waals surface area contributed by atoms with E-state index in [0.29, 0.717) is 0 Å². The Bertz CT molecular complexity index is 1780. The molecule has 0 bridgehead atoms. The molecule has 0 aliphatic heterocycles. The van der Waals surface area contributed by atoms with Crippen LogP contribution >= 0.6 is 11.3 Å². The topological polar surface area (TPSA) is 30.7 Å². The Morgan fingerprint density at radius 2 is 1.59 bits per heavy atom. The van der Waals surface area contributed by atoms with Crippen LogP contribution in [0.3, 0.4) is 0 Å². The van der Waals surface area contributed by atoms with Crippen LogP contribution in [0.5, 0.6) is 0 Å². The van der Waals surface area contributed by atoms with Gasteiger partial charge in [-0.1, -0.05) is 42.5 Å². The van der Waals surface area contributed by atoms with Crippen molar-refractivity contribution in [1.82, 2.24) is 14.5 Å². The van der Waals surface area contributed by atoms with Crippen LogP contribution in [0, 0.1) is 0 Å². The Labute approximate surface area is 188 Å². The molecule has 4 heterocycles. The van der Waals surface area contributed by atoms with Gasteiger partial charge in [0, 0.05) is 55.4 Å². The van der Waals surface area contributed by atoms with Crippen molar-refractivity contribution in [1.29, 1.82) is 0 Å².